The molecule has 0 radical (unpaired) electrons. The van der Waals surface area contributed by atoms with Crippen LogP contribution in [0.4, 0.5) is 4.79 Å². The summed E-state index contributed by atoms with van der Waals surface area (Å²) in [6.07, 6.45) is 1.70. The van der Waals surface area contributed by atoms with Crippen LogP contribution in [0.2, 0.25) is 0 Å². The van der Waals surface area contributed by atoms with Gasteiger partial charge >= 0.3 is 6.09 Å². The normalized spacial score (nSPS) is 15.1. The van der Waals surface area contributed by atoms with Gasteiger partial charge < -0.3 is 25.1 Å². The maximum Gasteiger partial charge on any atom is 0.408 e. The van der Waals surface area contributed by atoms with Gasteiger partial charge in [-0.3, -0.25) is 9.59 Å². The molecule has 0 saturated heterocycles. The minimum atomic E-state index is -0.979. The molecule has 178 valence electrons. The van der Waals surface area contributed by atoms with Gasteiger partial charge in [-0.05, 0) is 51.2 Å². The van der Waals surface area contributed by atoms with Crippen molar-refractivity contribution in [1.82, 2.24) is 16.0 Å². The molecular weight excluding hydrogens is 412 g/mol. The van der Waals surface area contributed by atoms with Crippen molar-refractivity contribution in [3.8, 4) is 6.07 Å². The molecule has 1 rings (SSSR count). The smallest absolute Gasteiger partial charge is 0.408 e. The number of furan rings is 1. The summed E-state index contributed by atoms with van der Waals surface area (Å²) >= 11 is 0. The number of rotatable bonds is 10. The van der Waals surface area contributed by atoms with Crippen LogP contribution in [0.3, 0.4) is 0 Å². The van der Waals surface area contributed by atoms with Crippen molar-refractivity contribution < 1.29 is 23.5 Å². The molecule has 1 aromatic heterocycles. The van der Waals surface area contributed by atoms with Gasteiger partial charge in [0.1, 0.15) is 23.4 Å². The van der Waals surface area contributed by atoms with E-state index in [2.05, 4.69) is 16.0 Å². The molecule has 0 aliphatic carbocycles. The second-order valence-corrected chi connectivity index (χ2v) is 9.29. The van der Waals surface area contributed by atoms with Crippen molar-refractivity contribution >= 4 is 17.9 Å². The lowest BCUT2D eigenvalue weighted by Crippen LogP contribution is -2.56. The molecule has 9 heteroatoms. The van der Waals surface area contributed by atoms with Gasteiger partial charge in [0, 0.05) is 0 Å². The number of carbonyl (C=O) groups is 3. The molecule has 0 bridgehead atoms. The Labute approximate surface area is 190 Å². The average molecular weight is 449 g/mol. The van der Waals surface area contributed by atoms with Crippen LogP contribution in [0.25, 0.3) is 0 Å². The first kappa shape index (κ1) is 27.0. The van der Waals surface area contributed by atoms with E-state index in [0.29, 0.717) is 18.6 Å². The average Bonchev–Trinajstić information content (AvgIpc) is 3.21. The van der Waals surface area contributed by atoms with E-state index in [0.717, 1.165) is 0 Å². The van der Waals surface area contributed by atoms with E-state index in [1.165, 1.54) is 6.26 Å². The fourth-order valence-corrected chi connectivity index (χ4v) is 2.96. The summed E-state index contributed by atoms with van der Waals surface area (Å²) in [5, 5.41) is 17.4. The fraction of sp³-hybridized carbons (Fsp3) is 0.652. The highest BCUT2D eigenvalue weighted by Crippen LogP contribution is 2.16. The third-order valence-electron chi connectivity index (χ3n) is 4.75. The number of nitrogens with one attached hydrogen (secondary N) is 3. The predicted octanol–water partition coefficient (Wildman–Crippen LogP) is 3.43. The van der Waals surface area contributed by atoms with Crippen molar-refractivity contribution in [1.29, 1.82) is 5.26 Å². The van der Waals surface area contributed by atoms with Crippen molar-refractivity contribution in [2.45, 2.75) is 85.0 Å². The Morgan fingerprint density at radius 1 is 1.12 bits per heavy atom. The van der Waals surface area contributed by atoms with E-state index in [4.69, 9.17) is 9.15 Å². The highest BCUT2D eigenvalue weighted by atomic mass is 16.6. The summed E-state index contributed by atoms with van der Waals surface area (Å²) in [5.74, 6) is -0.790. The molecule has 4 unspecified atom stereocenters. The molecule has 0 aliphatic heterocycles. The number of nitriles is 1. The van der Waals surface area contributed by atoms with E-state index in [1.54, 1.807) is 32.9 Å². The first-order chi connectivity index (χ1) is 14.9. The first-order valence-electron chi connectivity index (χ1n) is 10.9. The molecule has 9 nitrogen and oxygen atoms in total. The second-order valence-electron chi connectivity index (χ2n) is 9.29. The predicted molar refractivity (Wildman–Crippen MR) is 119 cm³/mol. The van der Waals surface area contributed by atoms with Gasteiger partial charge in [-0.2, -0.15) is 5.26 Å². The number of nitrogens with zero attached hydrogens (tertiary/aromatic N) is 1. The molecule has 32 heavy (non-hydrogen) atoms. The zero-order valence-corrected chi connectivity index (χ0v) is 20.0. The van der Waals surface area contributed by atoms with Gasteiger partial charge in [0.15, 0.2) is 6.04 Å². The monoisotopic (exact) mass is 448 g/mol. The quantitative estimate of drug-likeness (QED) is 0.502. The Kier molecular flexibility index (Phi) is 10.2. The van der Waals surface area contributed by atoms with Crippen LogP contribution in [0.15, 0.2) is 22.8 Å². The maximum absolute atomic E-state index is 13.1. The molecule has 0 aliphatic rings. The van der Waals surface area contributed by atoms with Crippen molar-refractivity contribution in [2.75, 3.05) is 0 Å². The van der Waals surface area contributed by atoms with Crippen molar-refractivity contribution in [3.05, 3.63) is 24.2 Å². The number of hydrogen-bond donors (Lipinski definition) is 3. The van der Waals surface area contributed by atoms with Crippen LogP contribution in [0, 0.1) is 23.2 Å². The number of carbonyl (C=O) groups excluding carboxylic acids is 3. The summed E-state index contributed by atoms with van der Waals surface area (Å²) in [5.41, 5.74) is -0.708. The molecule has 1 heterocycles. The number of ether oxygens (including phenoxy) is 1. The van der Waals surface area contributed by atoms with Crippen LogP contribution in [0.5, 0.6) is 0 Å². The van der Waals surface area contributed by atoms with E-state index >= 15 is 0 Å². The van der Waals surface area contributed by atoms with E-state index < -0.39 is 41.6 Å². The number of alkyl carbamates (subject to hydrolysis) is 1. The van der Waals surface area contributed by atoms with Gasteiger partial charge in [0.2, 0.25) is 11.8 Å². The Balaban J connectivity index is 2.98. The van der Waals surface area contributed by atoms with E-state index in [-0.39, 0.29) is 11.8 Å². The lowest BCUT2D eigenvalue weighted by atomic mass is 9.96. The Bertz CT molecular complexity index is 792. The largest absolute Gasteiger partial charge is 0.466 e. The Morgan fingerprint density at radius 2 is 1.78 bits per heavy atom. The van der Waals surface area contributed by atoms with Crippen molar-refractivity contribution in [2.24, 2.45) is 11.8 Å². The summed E-state index contributed by atoms with van der Waals surface area (Å²) in [7, 11) is 0. The highest BCUT2D eigenvalue weighted by molar-refractivity contribution is 5.91. The van der Waals surface area contributed by atoms with E-state index in [9.17, 15) is 19.6 Å². The van der Waals surface area contributed by atoms with Crippen LogP contribution >= 0.6 is 0 Å². The number of amides is 3. The highest BCUT2D eigenvalue weighted by Gasteiger charge is 2.32. The van der Waals surface area contributed by atoms with Gasteiger partial charge in [0.25, 0.3) is 0 Å². The maximum atomic E-state index is 13.1. The fourth-order valence-electron chi connectivity index (χ4n) is 2.96. The zero-order chi connectivity index (χ0) is 24.5. The van der Waals surface area contributed by atoms with Crippen molar-refractivity contribution in [3.63, 3.8) is 0 Å². The second kappa shape index (κ2) is 12.1. The summed E-state index contributed by atoms with van der Waals surface area (Å²) in [6.45, 7) is 12.8. The Morgan fingerprint density at radius 3 is 2.25 bits per heavy atom. The van der Waals surface area contributed by atoms with E-state index in [1.807, 2.05) is 33.8 Å². The molecule has 4 atom stereocenters. The summed E-state index contributed by atoms with van der Waals surface area (Å²) in [6, 6.07) is 2.45. The lowest BCUT2D eigenvalue weighted by Gasteiger charge is -2.28. The molecule has 0 spiro atoms. The summed E-state index contributed by atoms with van der Waals surface area (Å²) < 4.78 is 10.5. The zero-order valence-electron chi connectivity index (χ0n) is 20.0. The Hall–Kier alpha value is -3.02. The number of hydrogen-bond acceptors (Lipinski definition) is 6. The van der Waals surface area contributed by atoms with Gasteiger partial charge in [0.05, 0.1) is 12.3 Å². The van der Waals surface area contributed by atoms with Crippen LogP contribution in [-0.4, -0.2) is 35.6 Å². The third kappa shape index (κ3) is 9.00. The molecular formula is C23H36N4O5. The molecule has 0 fully saturated rings. The molecule has 0 aromatic carbocycles. The standard InChI is InChI=1S/C23H36N4O5/c1-8-15(4)19(21(29)25-17(13-24)18-10-9-11-31-18)27-20(28)16(12-14(2)3)26-22(30)32-23(5,6)7/h9-11,14-17,19H,8,12H2,1-7H3,(H,25,29)(H,26,30)(H,27,28). The van der Waals surface area contributed by atoms with Crippen LogP contribution < -0.4 is 16.0 Å². The molecule has 3 N–H and O–H groups in total. The summed E-state index contributed by atoms with van der Waals surface area (Å²) in [4.78, 5) is 38.3. The van der Waals surface area contributed by atoms with Gasteiger partial charge in [-0.15, -0.1) is 0 Å². The molecule has 3 amide bonds. The third-order valence-corrected chi connectivity index (χ3v) is 4.75. The van der Waals surface area contributed by atoms with Gasteiger partial charge in [-0.25, -0.2) is 4.79 Å². The minimum absolute atomic E-state index is 0.110. The topological polar surface area (TPSA) is 133 Å². The first-order valence-corrected chi connectivity index (χ1v) is 10.9. The lowest BCUT2D eigenvalue weighted by molar-refractivity contribution is -0.131. The molecule has 0 saturated carbocycles. The van der Waals surface area contributed by atoms with Gasteiger partial charge in [-0.1, -0.05) is 34.1 Å². The SMILES string of the molecule is CCC(C)C(NC(=O)C(CC(C)C)NC(=O)OC(C)(C)C)C(=O)NC(C#N)c1ccco1. The van der Waals surface area contributed by atoms with Crippen LogP contribution in [0.1, 0.15) is 73.1 Å². The molecule has 1 aromatic rings. The minimum Gasteiger partial charge on any atom is -0.466 e. The van der Waals surface area contributed by atoms with Crippen LogP contribution in [-0.2, 0) is 14.3 Å².